The number of hydrogen-bond acceptors (Lipinski definition) is 2. The van der Waals surface area contributed by atoms with E-state index < -0.39 is 29.1 Å². The SMILES string of the molecule is COc1ccc(/C(=C\C(=O)O)C(F)(F)F)c(F)c1. The van der Waals surface area contributed by atoms with Crippen LogP contribution in [0.3, 0.4) is 0 Å². The molecule has 0 heterocycles. The van der Waals surface area contributed by atoms with Gasteiger partial charge in [-0.15, -0.1) is 0 Å². The van der Waals surface area contributed by atoms with E-state index in [0.29, 0.717) is 0 Å². The van der Waals surface area contributed by atoms with Gasteiger partial charge in [0.25, 0.3) is 0 Å². The fourth-order valence-electron chi connectivity index (χ4n) is 1.28. The monoisotopic (exact) mass is 264 g/mol. The first-order chi connectivity index (χ1) is 8.25. The largest absolute Gasteiger partial charge is 0.497 e. The number of carbonyl (C=O) groups is 1. The minimum Gasteiger partial charge on any atom is -0.497 e. The fourth-order valence-corrected chi connectivity index (χ4v) is 1.28. The Labute approximate surface area is 99.3 Å². The zero-order valence-corrected chi connectivity index (χ0v) is 9.08. The molecule has 0 aromatic heterocycles. The first-order valence-corrected chi connectivity index (χ1v) is 4.61. The molecule has 1 rings (SSSR count). The predicted molar refractivity (Wildman–Crippen MR) is 54.6 cm³/mol. The van der Waals surface area contributed by atoms with Crippen molar-refractivity contribution in [2.75, 3.05) is 7.11 Å². The van der Waals surface area contributed by atoms with E-state index in [1.165, 1.54) is 7.11 Å². The number of rotatable bonds is 3. The van der Waals surface area contributed by atoms with Crippen molar-refractivity contribution < 1.29 is 32.2 Å². The van der Waals surface area contributed by atoms with E-state index in [-0.39, 0.29) is 11.8 Å². The highest BCUT2D eigenvalue weighted by atomic mass is 19.4. The predicted octanol–water partition coefficient (Wildman–Crippen LogP) is 2.86. The van der Waals surface area contributed by atoms with Crippen molar-refractivity contribution in [1.82, 2.24) is 0 Å². The Morgan fingerprint density at radius 2 is 2.00 bits per heavy atom. The van der Waals surface area contributed by atoms with Crippen LogP contribution in [0.2, 0.25) is 0 Å². The maximum atomic E-state index is 13.5. The molecule has 0 fully saturated rings. The van der Waals surface area contributed by atoms with Gasteiger partial charge in [0.1, 0.15) is 11.6 Å². The lowest BCUT2D eigenvalue weighted by atomic mass is 10.0. The molecule has 1 N–H and O–H groups in total. The second-order valence-electron chi connectivity index (χ2n) is 3.24. The van der Waals surface area contributed by atoms with Crippen LogP contribution < -0.4 is 4.74 Å². The first kappa shape index (κ1) is 14.0. The number of alkyl halides is 3. The third-order valence-electron chi connectivity index (χ3n) is 2.04. The number of halogens is 4. The molecule has 7 heteroatoms. The molecule has 98 valence electrons. The number of methoxy groups -OCH3 is 1. The summed E-state index contributed by atoms with van der Waals surface area (Å²) in [7, 11) is 1.23. The third-order valence-corrected chi connectivity index (χ3v) is 2.04. The summed E-state index contributed by atoms with van der Waals surface area (Å²) < 4.78 is 55.9. The standard InChI is InChI=1S/C11H8F4O3/c1-18-6-2-3-7(9(12)4-6)8(5-10(16)17)11(13,14)15/h2-5H,1H3,(H,16,17)/b8-5+. The number of hydrogen-bond donors (Lipinski definition) is 1. The first-order valence-electron chi connectivity index (χ1n) is 4.61. The topological polar surface area (TPSA) is 46.5 Å². The van der Waals surface area contributed by atoms with Crippen molar-refractivity contribution in [3.8, 4) is 5.75 Å². The van der Waals surface area contributed by atoms with Crippen LogP contribution in [-0.2, 0) is 4.79 Å². The molecule has 0 atom stereocenters. The summed E-state index contributed by atoms with van der Waals surface area (Å²) in [6.45, 7) is 0. The quantitative estimate of drug-likeness (QED) is 0.674. The molecule has 0 saturated heterocycles. The molecule has 0 spiro atoms. The zero-order chi connectivity index (χ0) is 13.9. The van der Waals surface area contributed by atoms with Crippen LogP contribution in [0.15, 0.2) is 24.3 Å². The van der Waals surface area contributed by atoms with Gasteiger partial charge in [-0.2, -0.15) is 13.2 Å². The molecule has 0 amide bonds. The smallest absolute Gasteiger partial charge is 0.417 e. The number of allylic oxidation sites excluding steroid dienone is 1. The lowest BCUT2D eigenvalue weighted by Crippen LogP contribution is -2.13. The second kappa shape index (κ2) is 5.07. The van der Waals surface area contributed by atoms with Crippen molar-refractivity contribution in [1.29, 1.82) is 0 Å². The number of carboxylic acids is 1. The molecule has 1 aromatic rings. The van der Waals surface area contributed by atoms with Gasteiger partial charge < -0.3 is 9.84 Å². The maximum Gasteiger partial charge on any atom is 0.417 e. The van der Waals surface area contributed by atoms with Crippen molar-refractivity contribution in [3.63, 3.8) is 0 Å². The molecule has 0 aliphatic rings. The van der Waals surface area contributed by atoms with Gasteiger partial charge in [0.05, 0.1) is 12.7 Å². The number of carboxylic acid groups (broad SMARTS) is 1. The Hall–Kier alpha value is -2.05. The summed E-state index contributed by atoms with van der Waals surface area (Å²) in [5.41, 5.74) is -2.40. The van der Waals surface area contributed by atoms with Crippen LogP contribution >= 0.6 is 0 Å². The highest BCUT2D eigenvalue weighted by molar-refractivity contribution is 5.91. The van der Waals surface area contributed by atoms with Gasteiger partial charge in [0, 0.05) is 17.7 Å². The Morgan fingerprint density at radius 1 is 1.39 bits per heavy atom. The Kier molecular flexibility index (Phi) is 3.95. The highest BCUT2D eigenvalue weighted by Crippen LogP contribution is 2.35. The van der Waals surface area contributed by atoms with Gasteiger partial charge in [-0.3, -0.25) is 0 Å². The van der Waals surface area contributed by atoms with Crippen LogP contribution in [0.5, 0.6) is 5.75 Å². The van der Waals surface area contributed by atoms with E-state index in [0.717, 1.165) is 18.2 Å². The van der Waals surface area contributed by atoms with Crippen molar-refractivity contribution >= 4 is 11.5 Å². The second-order valence-corrected chi connectivity index (χ2v) is 3.24. The van der Waals surface area contributed by atoms with E-state index in [9.17, 15) is 22.4 Å². The summed E-state index contributed by atoms with van der Waals surface area (Å²) in [5.74, 6) is -2.98. The van der Waals surface area contributed by atoms with Gasteiger partial charge in [-0.25, -0.2) is 9.18 Å². The Bertz CT molecular complexity index is 492. The van der Waals surface area contributed by atoms with E-state index in [1.807, 2.05) is 0 Å². The minimum atomic E-state index is -4.96. The van der Waals surface area contributed by atoms with Crippen LogP contribution in [0.25, 0.3) is 5.57 Å². The summed E-state index contributed by atoms with van der Waals surface area (Å²) in [4.78, 5) is 10.3. The number of benzene rings is 1. The Balaban J connectivity index is 3.36. The fraction of sp³-hybridized carbons (Fsp3) is 0.182. The van der Waals surface area contributed by atoms with Gasteiger partial charge >= 0.3 is 12.1 Å². The molecule has 0 aliphatic heterocycles. The van der Waals surface area contributed by atoms with Crippen molar-refractivity contribution in [3.05, 3.63) is 35.7 Å². The molecule has 1 aromatic carbocycles. The molecule has 0 aliphatic carbocycles. The summed E-state index contributed by atoms with van der Waals surface area (Å²) in [6, 6.07) is 2.67. The van der Waals surface area contributed by atoms with Gasteiger partial charge in [0.2, 0.25) is 0 Å². The van der Waals surface area contributed by atoms with Gasteiger partial charge in [-0.1, -0.05) is 0 Å². The number of aliphatic carboxylic acids is 1. The Morgan fingerprint density at radius 3 is 2.39 bits per heavy atom. The van der Waals surface area contributed by atoms with E-state index >= 15 is 0 Å². The molecule has 0 bridgehead atoms. The van der Waals surface area contributed by atoms with E-state index in [1.54, 1.807) is 0 Å². The lowest BCUT2D eigenvalue weighted by Gasteiger charge is -2.12. The van der Waals surface area contributed by atoms with E-state index in [2.05, 4.69) is 4.74 Å². The third kappa shape index (κ3) is 3.22. The normalized spacial score (nSPS) is 12.4. The molecule has 0 saturated carbocycles. The van der Waals surface area contributed by atoms with Crippen LogP contribution in [-0.4, -0.2) is 24.4 Å². The maximum absolute atomic E-state index is 13.5. The molecule has 0 radical (unpaired) electrons. The number of ether oxygens (including phenoxy) is 1. The molecule has 3 nitrogen and oxygen atoms in total. The minimum absolute atomic E-state index is 0.0353. The van der Waals surface area contributed by atoms with Crippen LogP contribution in [0.4, 0.5) is 17.6 Å². The van der Waals surface area contributed by atoms with Gasteiger partial charge in [0.15, 0.2) is 0 Å². The van der Waals surface area contributed by atoms with E-state index in [4.69, 9.17) is 5.11 Å². The summed E-state index contributed by atoms with van der Waals surface area (Å²) >= 11 is 0. The summed E-state index contributed by atoms with van der Waals surface area (Å²) in [5, 5.41) is 8.38. The van der Waals surface area contributed by atoms with Gasteiger partial charge in [-0.05, 0) is 12.1 Å². The molecule has 0 unspecified atom stereocenters. The molecule has 18 heavy (non-hydrogen) atoms. The average Bonchev–Trinajstić information content (AvgIpc) is 2.24. The molecular weight excluding hydrogens is 256 g/mol. The highest BCUT2D eigenvalue weighted by Gasteiger charge is 2.36. The lowest BCUT2D eigenvalue weighted by molar-refractivity contribution is -0.131. The van der Waals surface area contributed by atoms with Crippen LogP contribution in [0.1, 0.15) is 5.56 Å². The van der Waals surface area contributed by atoms with Crippen molar-refractivity contribution in [2.45, 2.75) is 6.18 Å². The van der Waals surface area contributed by atoms with Crippen molar-refractivity contribution in [2.24, 2.45) is 0 Å². The molecular formula is C11H8F4O3. The van der Waals surface area contributed by atoms with Crippen LogP contribution in [0, 0.1) is 5.82 Å². The summed E-state index contributed by atoms with van der Waals surface area (Å²) in [6.07, 6.45) is -5.04. The average molecular weight is 264 g/mol. The zero-order valence-electron chi connectivity index (χ0n) is 9.08.